The van der Waals surface area contributed by atoms with Crippen LogP contribution in [0.1, 0.15) is 32.6 Å². The van der Waals surface area contributed by atoms with Gasteiger partial charge >= 0.3 is 0 Å². The molecule has 17 heavy (non-hydrogen) atoms. The number of rotatable bonds is 1. The minimum Gasteiger partial charge on any atom is -0.459 e. The SMILES string of the molecule is CC(C)(C)C(N)c1cc2c(Cl)cc(Cl)cc2o1. The molecular weight excluding hydrogens is 257 g/mol. The summed E-state index contributed by atoms with van der Waals surface area (Å²) < 4.78 is 5.72. The molecule has 2 nitrogen and oxygen atoms in total. The van der Waals surface area contributed by atoms with Crippen molar-refractivity contribution in [1.29, 1.82) is 0 Å². The highest BCUT2D eigenvalue weighted by Crippen LogP contribution is 2.36. The fourth-order valence-corrected chi connectivity index (χ4v) is 2.19. The third-order valence-electron chi connectivity index (χ3n) is 2.81. The van der Waals surface area contributed by atoms with Crippen LogP contribution in [0, 0.1) is 5.41 Å². The molecule has 2 N–H and O–H groups in total. The second-order valence-electron chi connectivity index (χ2n) is 5.29. The van der Waals surface area contributed by atoms with Crippen LogP contribution in [0.3, 0.4) is 0 Å². The van der Waals surface area contributed by atoms with Gasteiger partial charge in [-0.15, -0.1) is 0 Å². The van der Waals surface area contributed by atoms with E-state index in [9.17, 15) is 0 Å². The maximum absolute atomic E-state index is 6.15. The van der Waals surface area contributed by atoms with Gasteiger partial charge in [0.15, 0.2) is 0 Å². The maximum Gasteiger partial charge on any atom is 0.137 e. The molecule has 2 rings (SSSR count). The second-order valence-corrected chi connectivity index (χ2v) is 6.14. The van der Waals surface area contributed by atoms with E-state index in [2.05, 4.69) is 20.8 Å². The Hall–Kier alpha value is -0.700. The molecule has 1 aromatic heterocycles. The number of furan rings is 1. The summed E-state index contributed by atoms with van der Waals surface area (Å²) in [7, 11) is 0. The van der Waals surface area contributed by atoms with Crippen molar-refractivity contribution in [3.05, 3.63) is 34.0 Å². The van der Waals surface area contributed by atoms with Crippen LogP contribution in [0.15, 0.2) is 22.6 Å². The molecule has 92 valence electrons. The number of hydrogen-bond donors (Lipinski definition) is 1. The molecule has 1 unspecified atom stereocenters. The summed E-state index contributed by atoms with van der Waals surface area (Å²) in [6.45, 7) is 6.21. The van der Waals surface area contributed by atoms with Gasteiger partial charge in [0.1, 0.15) is 11.3 Å². The Labute approximate surface area is 111 Å². The molecule has 0 fully saturated rings. The molecule has 1 atom stereocenters. The summed E-state index contributed by atoms with van der Waals surface area (Å²) in [6, 6.07) is 5.17. The minimum absolute atomic E-state index is 0.0653. The molecule has 2 aromatic rings. The van der Waals surface area contributed by atoms with Crippen LogP contribution in [0.25, 0.3) is 11.0 Å². The van der Waals surface area contributed by atoms with E-state index in [0.29, 0.717) is 15.6 Å². The monoisotopic (exact) mass is 271 g/mol. The van der Waals surface area contributed by atoms with E-state index >= 15 is 0 Å². The van der Waals surface area contributed by atoms with Crippen molar-refractivity contribution in [2.75, 3.05) is 0 Å². The quantitative estimate of drug-likeness (QED) is 0.810. The molecule has 0 bridgehead atoms. The van der Waals surface area contributed by atoms with Crippen LogP contribution in [0.4, 0.5) is 0 Å². The van der Waals surface area contributed by atoms with Crippen LogP contribution in [-0.4, -0.2) is 0 Å². The van der Waals surface area contributed by atoms with E-state index in [4.69, 9.17) is 33.4 Å². The summed E-state index contributed by atoms with van der Waals surface area (Å²) in [5, 5.41) is 2.00. The molecule has 0 aliphatic carbocycles. The summed E-state index contributed by atoms with van der Waals surface area (Å²) >= 11 is 12.0. The standard InChI is InChI=1S/C13H15Cl2NO/c1-13(2,3)12(16)11-6-8-9(15)4-7(14)5-10(8)17-11/h4-6,12H,16H2,1-3H3. The van der Waals surface area contributed by atoms with Gasteiger partial charge < -0.3 is 10.2 Å². The Morgan fingerprint density at radius 2 is 1.82 bits per heavy atom. The molecule has 0 saturated carbocycles. The molecular formula is C13H15Cl2NO. The van der Waals surface area contributed by atoms with Crippen molar-refractivity contribution in [1.82, 2.24) is 0 Å². The minimum atomic E-state index is -0.176. The average Bonchev–Trinajstić information content (AvgIpc) is 2.58. The molecule has 0 amide bonds. The van der Waals surface area contributed by atoms with Crippen LogP contribution in [-0.2, 0) is 0 Å². The smallest absolute Gasteiger partial charge is 0.137 e. The Bertz CT molecular complexity index is 554. The lowest BCUT2D eigenvalue weighted by molar-refractivity contribution is 0.290. The highest BCUT2D eigenvalue weighted by Gasteiger charge is 2.25. The first-order valence-electron chi connectivity index (χ1n) is 5.43. The van der Waals surface area contributed by atoms with E-state index in [-0.39, 0.29) is 11.5 Å². The molecule has 0 aliphatic rings. The van der Waals surface area contributed by atoms with Crippen molar-refractivity contribution in [3.63, 3.8) is 0 Å². The highest BCUT2D eigenvalue weighted by molar-refractivity contribution is 6.38. The third kappa shape index (κ3) is 2.44. The summed E-state index contributed by atoms with van der Waals surface area (Å²) in [5.74, 6) is 0.733. The van der Waals surface area contributed by atoms with Gasteiger partial charge in [0.25, 0.3) is 0 Å². The normalized spacial score (nSPS) is 14.2. The first-order chi connectivity index (χ1) is 7.79. The summed E-state index contributed by atoms with van der Waals surface area (Å²) in [4.78, 5) is 0. The van der Waals surface area contributed by atoms with Gasteiger partial charge in [-0.05, 0) is 17.5 Å². The largest absolute Gasteiger partial charge is 0.459 e. The predicted octanol–water partition coefficient (Wildman–Crippen LogP) is 4.79. The number of fused-ring (bicyclic) bond motifs is 1. The van der Waals surface area contributed by atoms with Gasteiger partial charge in [-0.3, -0.25) is 0 Å². The zero-order chi connectivity index (χ0) is 12.8. The Kier molecular flexibility index (Phi) is 3.15. The molecule has 0 aliphatic heterocycles. The molecule has 0 radical (unpaired) electrons. The zero-order valence-electron chi connectivity index (χ0n) is 10.1. The topological polar surface area (TPSA) is 39.2 Å². The summed E-state index contributed by atoms with van der Waals surface area (Å²) in [6.07, 6.45) is 0. The second kappa shape index (κ2) is 4.20. The summed E-state index contributed by atoms with van der Waals surface area (Å²) in [5.41, 5.74) is 6.77. The maximum atomic E-state index is 6.15. The Morgan fingerprint density at radius 3 is 2.41 bits per heavy atom. The van der Waals surface area contributed by atoms with Crippen molar-refractivity contribution < 1.29 is 4.42 Å². The van der Waals surface area contributed by atoms with E-state index in [1.165, 1.54) is 0 Å². The fraction of sp³-hybridized carbons (Fsp3) is 0.385. The molecule has 1 heterocycles. The van der Waals surface area contributed by atoms with Crippen molar-refractivity contribution in [2.45, 2.75) is 26.8 Å². The van der Waals surface area contributed by atoms with E-state index in [1.807, 2.05) is 6.07 Å². The molecule has 1 aromatic carbocycles. The van der Waals surface area contributed by atoms with Crippen molar-refractivity contribution >= 4 is 34.2 Å². The Balaban J connectivity index is 2.56. The lowest BCUT2D eigenvalue weighted by Crippen LogP contribution is -2.25. The van der Waals surface area contributed by atoms with Gasteiger partial charge in [0.05, 0.1) is 11.1 Å². The zero-order valence-corrected chi connectivity index (χ0v) is 11.6. The molecule has 4 heteroatoms. The van der Waals surface area contributed by atoms with Crippen LogP contribution in [0.5, 0.6) is 0 Å². The van der Waals surface area contributed by atoms with E-state index in [1.54, 1.807) is 12.1 Å². The fourth-order valence-electron chi connectivity index (χ4n) is 1.66. The first-order valence-corrected chi connectivity index (χ1v) is 6.18. The number of hydrogen-bond acceptors (Lipinski definition) is 2. The van der Waals surface area contributed by atoms with Gasteiger partial charge in [-0.2, -0.15) is 0 Å². The molecule has 0 saturated heterocycles. The van der Waals surface area contributed by atoms with E-state index in [0.717, 1.165) is 11.1 Å². The van der Waals surface area contributed by atoms with Gasteiger partial charge in [-0.25, -0.2) is 0 Å². The van der Waals surface area contributed by atoms with Crippen LogP contribution < -0.4 is 5.73 Å². The first kappa shape index (κ1) is 12.7. The lowest BCUT2D eigenvalue weighted by atomic mass is 9.86. The highest BCUT2D eigenvalue weighted by atomic mass is 35.5. The third-order valence-corrected chi connectivity index (χ3v) is 3.34. The predicted molar refractivity (Wildman–Crippen MR) is 72.6 cm³/mol. The number of nitrogens with two attached hydrogens (primary N) is 1. The van der Waals surface area contributed by atoms with Gasteiger partial charge in [-0.1, -0.05) is 44.0 Å². The number of halogens is 2. The van der Waals surface area contributed by atoms with Crippen LogP contribution >= 0.6 is 23.2 Å². The van der Waals surface area contributed by atoms with Crippen LogP contribution in [0.2, 0.25) is 10.0 Å². The molecule has 0 spiro atoms. The Morgan fingerprint density at radius 1 is 1.18 bits per heavy atom. The average molecular weight is 272 g/mol. The lowest BCUT2D eigenvalue weighted by Gasteiger charge is -2.24. The van der Waals surface area contributed by atoms with E-state index < -0.39 is 0 Å². The van der Waals surface area contributed by atoms with Gasteiger partial charge in [0, 0.05) is 16.5 Å². The van der Waals surface area contributed by atoms with Crippen molar-refractivity contribution in [3.8, 4) is 0 Å². The van der Waals surface area contributed by atoms with Gasteiger partial charge in [0.2, 0.25) is 0 Å². The van der Waals surface area contributed by atoms with Crippen molar-refractivity contribution in [2.24, 2.45) is 11.1 Å². The number of benzene rings is 1.